The van der Waals surface area contributed by atoms with Crippen LogP contribution in [0.5, 0.6) is 11.6 Å². The molecule has 0 aliphatic heterocycles. The van der Waals surface area contributed by atoms with Crippen LogP contribution in [0.4, 0.5) is 13.2 Å². The minimum absolute atomic E-state index is 0.0362. The third kappa shape index (κ3) is 3.27. The number of fused-ring (bicyclic) bond motifs is 1. The zero-order chi connectivity index (χ0) is 18.3. The van der Waals surface area contributed by atoms with E-state index in [1.165, 1.54) is 0 Å². The molecule has 1 aromatic carbocycles. The van der Waals surface area contributed by atoms with Crippen LogP contribution in [0.15, 0.2) is 60.4 Å². The molecule has 0 saturated heterocycles. The molecule has 0 saturated carbocycles. The van der Waals surface area contributed by atoms with E-state index in [1.54, 1.807) is 23.5 Å². The minimum Gasteiger partial charge on any atom is -0.437 e. The first-order chi connectivity index (χ1) is 12.4. The predicted octanol–water partition coefficient (Wildman–Crippen LogP) is 6.55. The van der Waals surface area contributed by atoms with Crippen molar-refractivity contribution in [3.63, 3.8) is 0 Å². The molecule has 0 aliphatic rings. The molecule has 26 heavy (non-hydrogen) atoms. The number of hydrogen-bond donors (Lipinski definition) is 0. The first kappa shape index (κ1) is 16.9. The molecule has 132 valence electrons. The Kier molecular flexibility index (Phi) is 4.13. The Morgan fingerprint density at radius 2 is 1.92 bits per heavy atom. The van der Waals surface area contributed by atoms with E-state index in [9.17, 15) is 13.2 Å². The second-order valence-corrected chi connectivity index (χ2v) is 6.86. The van der Waals surface area contributed by atoms with E-state index in [4.69, 9.17) is 16.3 Å². The van der Waals surface area contributed by atoms with Crippen LogP contribution in [0, 0.1) is 0 Å². The van der Waals surface area contributed by atoms with Gasteiger partial charge in [0.1, 0.15) is 5.75 Å². The van der Waals surface area contributed by atoms with E-state index in [1.807, 2.05) is 34.5 Å². The van der Waals surface area contributed by atoms with Crippen LogP contribution in [-0.4, -0.2) is 9.55 Å². The lowest BCUT2D eigenvalue weighted by Gasteiger charge is -2.10. The van der Waals surface area contributed by atoms with Gasteiger partial charge in [-0.15, -0.1) is 11.3 Å². The summed E-state index contributed by atoms with van der Waals surface area (Å²) in [4.78, 5) is 3.68. The molecule has 0 radical (unpaired) electrons. The Bertz CT molecular complexity index is 1040. The third-order valence-electron chi connectivity index (χ3n) is 3.75. The molecular weight excluding hydrogens is 385 g/mol. The van der Waals surface area contributed by atoms with Gasteiger partial charge in [-0.2, -0.15) is 13.2 Å². The first-order valence-corrected chi connectivity index (χ1v) is 8.72. The number of aromatic nitrogens is 2. The Labute approximate surface area is 155 Å². The Morgan fingerprint density at radius 1 is 1.08 bits per heavy atom. The summed E-state index contributed by atoms with van der Waals surface area (Å²) in [5, 5.41) is 3.50. The number of halogens is 4. The number of ether oxygens (including phenoxy) is 1. The summed E-state index contributed by atoms with van der Waals surface area (Å²) in [7, 11) is 0. The van der Waals surface area contributed by atoms with Gasteiger partial charge in [0, 0.05) is 35.7 Å². The van der Waals surface area contributed by atoms with E-state index < -0.39 is 11.7 Å². The standard InChI is InChI=1S/C18H10ClF3N2OS/c19-14-7-13(24-9-11-5-6-26-16(11)10-24)2-3-15(14)25-17-4-1-12(8-23-17)18(20,21)22/h1-10H. The van der Waals surface area contributed by atoms with Gasteiger partial charge in [-0.1, -0.05) is 11.6 Å². The minimum atomic E-state index is -4.44. The average molecular weight is 395 g/mol. The van der Waals surface area contributed by atoms with E-state index in [0.717, 1.165) is 34.1 Å². The summed E-state index contributed by atoms with van der Waals surface area (Å²) in [6.07, 6.45) is 0.290. The molecule has 0 spiro atoms. The van der Waals surface area contributed by atoms with Crippen molar-refractivity contribution >= 4 is 33.0 Å². The van der Waals surface area contributed by atoms with Crippen LogP contribution in [0.25, 0.3) is 15.8 Å². The average Bonchev–Trinajstić information content (AvgIpc) is 3.18. The zero-order valence-electron chi connectivity index (χ0n) is 13.0. The van der Waals surface area contributed by atoms with Crippen LogP contribution < -0.4 is 4.74 Å². The van der Waals surface area contributed by atoms with E-state index in [2.05, 4.69) is 4.98 Å². The molecule has 0 N–H and O–H groups in total. The SMILES string of the molecule is FC(F)(F)c1ccc(Oc2ccc(-n3cc4ccsc4c3)cc2Cl)nc1. The second kappa shape index (κ2) is 6.34. The van der Waals surface area contributed by atoms with Gasteiger partial charge in [0.05, 0.1) is 15.3 Å². The molecule has 3 heterocycles. The van der Waals surface area contributed by atoms with Gasteiger partial charge in [-0.25, -0.2) is 4.98 Å². The summed E-state index contributed by atoms with van der Waals surface area (Å²) in [6, 6.07) is 9.31. The fraction of sp³-hybridized carbons (Fsp3) is 0.0556. The molecule has 4 rings (SSSR count). The third-order valence-corrected chi connectivity index (χ3v) is 4.92. The summed E-state index contributed by atoms with van der Waals surface area (Å²) in [6.45, 7) is 0. The highest BCUT2D eigenvalue weighted by atomic mass is 35.5. The van der Waals surface area contributed by atoms with Gasteiger partial charge in [0.2, 0.25) is 5.88 Å². The fourth-order valence-electron chi connectivity index (χ4n) is 2.46. The van der Waals surface area contributed by atoms with Crippen LogP contribution >= 0.6 is 22.9 Å². The quantitative estimate of drug-likeness (QED) is 0.394. The Balaban J connectivity index is 1.57. The van der Waals surface area contributed by atoms with Crippen molar-refractivity contribution in [2.45, 2.75) is 6.18 Å². The monoisotopic (exact) mass is 394 g/mol. The summed E-state index contributed by atoms with van der Waals surface area (Å²) < 4.78 is 46.3. The fourth-order valence-corrected chi connectivity index (χ4v) is 3.46. The van der Waals surface area contributed by atoms with Gasteiger partial charge < -0.3 is 9.30 Å². The number of benzene rings is 1. The lowest BCUT2D eigenvalue weighted by atomic mass is 10.3. The highest BCUT2D eigenvalue weighted by Crippen LogP contribution is 2.33. The topological polar surface area (TPSA) is 27.1 Å². The van der Waals surface area contributed by atoms with Crippen molar-refractivity contribution in [2.75, 3.05) is 0 Å². The Morgan fingerprint density at radius 3 is 2.58 bits per heavy atom. The van der Waals surface area contributed by atoms with Crippen LogP contribution in [0.1, 0.15) is 5.56 Å². The normalized spacial score (nSPS) is 11.8. The number of rotatable bonds is 3. The number of hydrogen-bond acceptors (Lipinski definition) is 3. The van der Waals surface area contributed by atoms with Crippen molar-refractivity contribution in [2.24, 2.45) is 0 Å². The molecule has 0 atom stereocenters. The summed E-state index contributed by atoms with van der Waals surface area (Å²) >= 11 is 7.91. The van der Waals surface area contributed by atoms with Crippen molar-refractivity contribution in [1.82, 2.24) is 9.55 Å². The van der Waals surface area contributed by atoms with Gasteiger partial charge in [0.25, 0.3) is 0 Å². The second-order valence-electron chi connectivity index (χ2n) is 5.51. The van der Waals surface area contributed by atoms with E-state index in [0.29, 0.717) is 10.8 Å². The van der Waals surface area contributed by atoms with E-state index >= 15 is 0 Å². The molecule has 0 fully saturated rings. The molecule has 0 bridgehead atoms. The van der Waals surface area contributed by atoms with Crippen molar-refractivity contribution in [1.29, 1.82) is 0 Å². The zero-order valence-corrected chi connectivity index (χ0v) is 14.6. The van der Waals surface area contributed by atoms with Crippen LogP contribution in [-0.2, 0) is 6.18 Å². The maximum absolute atomic E-state index is 12.6. The highest BCUT2D eigenvalue weighted by Gasteiger charge is 2.30. The van der Waals surface area contributed by atoms with Crippen molar-refractivity contribution in [3.05, 3.63) is 71.0 Å². The van der Waals surface area contributed by atoms with E-state index in [-0.39, 0.29) is 5.88 Å². The lowest BCUT2D eigenvalue weighted by molar-refractivity contribution is -0.137. The molecule has 0 amide bonds. The van der Waals surface area contributed by atoms with Gasteiger partial charge >= 0.3 is 6.18 Å². The predicted molar refractivity (Wildman–Crippen MR) is 95.5 cm³/mol. The maximum atomic E-state index is 12.6. The number of alkyl halides is 3. The summed E-state index contributed by atoms with van der Waals surface area (Å²) in [5.41, 5.74) is 0.0185. The highest BCUT2D eigenvalue weighted by molar-refractivity contribution is 7.17. The van der Waals surface area contributed by atoms with Gasteiger partial charge in [0.15, 0.2) is 0 Å². The summed E-state index contributed by atoms with van der Waals surface area (Å²) in [5.74, 6) is 0.353. The molecule has 4 aromatic rings. The van der Waals surface area contributed by atoms with Crippen molar-refractivity contribution in [3.8, 4) is 17.3 Å². The lowest BCUT2D eigenvalue weighted by Crippen LogP contribution is -2.05. The molecule has 0 unspecified atom stereocenters. The maximum Gasteiger partial charge on any atom is 0.417 e. The molecule has 3 aromatic heterocycles. The molecule has 0 aliphatic carbocycles. The largest absolute Gasteiger partial charge is 0.437 e. The van der Waals surface area contributed by atoms with Crippen LogP contribution in [0.3, 0.4) is 0 Å². The first-order valence-electron chi connectivity index (χ1n) is 7.46. The van der Waals surface area contributed by atoms with Crippen molar-refractivity contribution < 1.29 is 17.9 Å². The molecule has 8 heteroatoms. The van der Waals surface area contributed by atoms with Gasteiger partial charge in [-0.3, -0.25) is 0 Å². The number of pyridine rings is 1. The van der Waals surface area contributed by atoms with Crippen LogP contribution in [0.2, 0.25) is 5.02 Å². The Hall–Kier alpha value is -2.51. The van der Waals surface area contributed by atoms with Gasteiger partial charge in [-0.05, 0) is 35.7 Å². The molecular formula is C18H10ClF3N2OS. The number of nitrogens with zero attached hydrogens (tertiary/aromatic N) is 2. The molecule has 3 nitrogen and oxygen atoms in total. The smallest absolute Gasteiger partial charge is 0.417 e. The number of thiophene rings is 1.